The van der Waals surface area contributed by atoms with Gasteiger partial charge in [0.2, 0.25) is 0 Å². The van der Waals surface area contributed by atoms with E-state index in [-0.39, 0.29) is 11.9 Å². The van der Waals surface area contributed by atoms with Crippen molar-refractivity contribution in [2.45, 2.75) is 58.4 Å². The minimum Gasteiger partial charge on any atom is -0.349 e. The van der Waals surface area contributed by atoms with Crippen molar-refractivity contribution >= 4 is 5.91 Å². The zero-order valence-corrected chi connectivity index (χ0v) is 17.2. The van der Waals surface area contributed by atoms with E-state index in [4.69, 9.17) is 0 Å². The summed E-state index contributed by atoms with van der Waals surface area (Å²) in [5.74, 6) is 0.910. The number of benzene rings is 1. The summed E-state index contributed by atoms with van der Waals surface area (Å²) in [4.78, 5) is 15.4. The Balaban J connectivity index is 1.34. The second kappa shape index (κ2) is 8.48. The number of hydrogen-bond donors (Lipinski definition) is 1. The highest BCUT2D eigenvalue weighted by atomic mass is 16.1. The summed E-state index contributed by atoms with van der Waals surface area (Å²) in [6.07, 6.45) is 9.42. The summed E-state index contributed by atoms with van der Waals surface area (Å²) in [5, 5.41) is 7.73. The Labute approximate surface area is 168 Å². The van der Waals surface area contributed by atoms with Gasteiger partial charge in [-0.3, -0.25) is 4.79 Å². The van der Waals surface area contributed by atoms with Crippen LogP contribution in [0.15, 0.2) is 30.5 Å². The highest BCUT2D eigenvalue weighted by Gasteiger charge is 2.25. The Morgan fingerprint density at radius 3 is 2.54 bits per heavy atom. The third kappa shape index (κ3) is 4.14. The van der Waals surface area contributed by atoms with Crippen LogP contribution in [0.2, 0.25) is 0 Å². The van der Waals surface area contributed by atoms with Crippen molar-refractivity contribution in [1.82, 2.24) is 20.0 Å². The average molecular weight is 381 g/mol. The lowest BCUT2D eigenvalue weighted by Crippen LogP contribution is -2.45. The van der Waals surface area contributed by atoms with Crippen LogP contribution in [0, 0.1) is 19.8 Å². The number of nitrogens with one attached hydrogen (secondary N) is 1. The number of amides is 1. The van der Waals surface area contributed by atoms with Crippen LogP contribution in [0.25, 0.3) is 5.69 Å². The molecule has 1 amide bonds. The minimum atomic E-state index is 0.00609. The van der Waals surface area contributed by atoms with Gasteiger partial charge in [-0.15, -0.1) is 0 Å². The van der Waals surface area contributed by atoms with Crippen LogP contribution in [0.4, 0.5) is 0 Å². The monoisotopic (exact) mass is 380 g/mol. The Morgan fingerprint density at radius 1 is 1.11 bits per heavy atom. The molecular formula is C23H32N4O. The zero-order valence-electron chi connectivity index (χ0n) is 17.2. The normalized spacial score (nSPS) is 19.2. The van der Waals surface area contributed by atoms with Gasteiger partial charge in [0.05, 0.1) is 23.1 Å². The first-order valence-corrected chi connectivity index (χ1v) is 10.8. The van der Waals surface area contributed by atoms with Crippen molar-refractivity contribution < 1.29 is 4.79 Å². The van der Waals surface area contributed by atoms with Crippen LogP contribution in [-0.4, -0.2) is 46.3 Å². The first-order chi connectivity index (χ1) is 13.6. The number of hydrogen-bond acceptors (Lipinski definition) is 3. The molecule has 1 aliphatic heterocycles. The topological polar surface area (TPSA) is 50.2 Å². The second-order valence-corrected chi connectivity index (χ2v) is 8.54. The van der Waals surface area contributed by atoms with Crippen LogP contribution in [0.1, 0.15) is 60.1 Å². The van der Waals surface area contributed by atoms with Gasteiger partial charge >= 0.3 is 0 Å². The summed E-state index contributed by atoms with van der Waals surface area (Å²) >= 11 is 0. The largest absolute Gasteiger partial charge is 0.349 e. The van der Waals surface area contributed by atoms with Crippen LogP contribution in [0.5, 0.6) is 0 Å². The molecule has 5 nitrogen and oxygen atoms in total. The molecule has 2 aliphatic rings. The molecule has 5 heteroatoms. The fourth-order valence-electron chi connectivity index (χ4n) is 4.76. The van der Waals surface area contributed by atoms with Crippen molar-refractivity contribution in [2.75, 3.05) is 19.6 Å². The van der Waals surface area contributed by atoms with Crippen LogP contribution >= 0.6 is 0 Å². The van der Waals surface area contributed by atoms with E-state index in [0.29, 0.717) is 5.56 Å². The molecule has 28 heavy (non-hydrogen) atoms. The smallest absolute Gasteiger partial charge is 0.254 e. The Hall–Kier alpha value is -2.14. The minimum absolute atomic E-state index is 0.00609. The van der Waals surface area contributed by atoms with Gasteiger partial charge in [0.25, 0.3) is 5.91 Å². The summed E-state index contributed by atoms with van der Waals surface area (Å²) in [5.41, 5.74) is 3.75. The van der Waals surface area contributed by atoms with Crippen LogP contribution in [0.3, 0.4) is 0 Å². The molecule has 4 rings (SSSR count). The molecule has 0 atom stereocenters. The number of likely N-dealkylation sites (tertiary alicyclic amines) is 1. The molecule has 2 fully saturated rings. The fraction of sp³-hybridized carbons (Fsp3) is 0.565. The van der Waals surface area contributed by atoms with E-state index in [1.165, 1.54) is 32.2 Å². The average Bonchev–Trinajstić information content (AvgIpc) is 3.33. The molecule has 1 saturated heterocycles. The number of piperidine rings is 1. The molecule has 0 unspecified atom stereocenters. The molecule has 1 N–H and O–H groups in total. The number of aromatic nitrogens is 2. The van der Waals surface area contributed by atoms with E-state index in [9.17, 15) is 4.79 Å². The van der Waals surface area contributed by atoms with Gasteiger partial charge in [-0.2, -0.15) is 5.10 Å². The van der Waals surface area contributed by atoms with E-state index < -0.39 is 0 Å². The molecular weight excluding hydrogens is 348 g/mol. The van der Waals surface area contributed by atoms with E-state index in [2.05, 4.69) is 28.3 Å². The molecule has 1 aromatic heterocycles. The van der Waals surface area contributed by atoms with Gasteiger partial charge in [-0.25, -0.2) is 4.68 Å². The lowest BCUT2D eigenvalue weighted by atomic mass is 10.0. The maximum absolute atomic E-state index is 12.8. The molecule has 0 bridgehead atoms. The van der Waals surface area contributed by atoms with E-state index in [1.54, 1.807) is 6.20 Å². The molecule has 2 heterocycles. The SMILES string of the molecule is Cc1ccccc1-n1ncc(C(=O)NC2CCN(CC3CCCC3)CC2)c1C. The number of aryl methyl sites for hydroxylation is 1. The molecule has 0 radical (unpaired) electrons. The molecule has 1 saturated carbocycles. The van der Waals surface area contributed by atoms with Gasteiger partial charge in [0, 0.05) is 25.7 Å². The summed E-state index contributed by atoms with van der Waals surface area (Å²) in [7, 11) is 0. The number of para-hydroxylation sites is 1. The fourth-order valence-corrected chi connectivity index (χ4v) is 4.76. The lowest BCUT2D eigenvalue weighted by molar-refractivity contribution is 0.0905. The van der Waals surface area contributed by atoms with E-state index in [0.717, 1.165) is 48.8 Å². The summed E-state index contributed by atoms with van der Waals surface area (Å²) in [6, 6.07) is 8.40. The van der Waals surface area contributed by atoms with Gasteiger partial charge < -0.3 is 10.2 Å². The molecule has 2 aromatic rings. The predicted octanol–water partition coefficient (Wildman–Crippen LogP) is 3.87. The van der Waals surface area contributed by atoms with E-state index >= 15 is 0 Å². The standard InChI is InChI=1S/C23H32N4O/c1-17-7-3-6-10-22(17)27-18(2)21(15-24-27)23(28)25-20-11-13-26(14-12-20)16-19-8-4-5-9-19/h3,6-7,10,15,19-20H,4-5,8-9,11-14,16H2,1-2H3,(H,25,28). The third-order valence-electron chi connectivity index (χ3n) is 6.51. The lowest BCUT2D eigenvalue weighted by Gasteiger charge is -2.33. The summed E-state index contributed by atoms with van der Waals surface area (Å²) < 4.78 is 1.87. The van der Waals surface area contributed by atoms with Crippen LogP contribution < -0.4 is 5.32 Å². The Kier molecular flexibility index (Phi) is 5.81. The first-order valence-electron chi connectivity index (χ1n) is 10.8. The van der Waals surface area contributed by atoms with Crippen molar-refractivity contribution in [3.63, 3.8) is 0 Å². The second-order valence-electron chi connectivity index (χ2n) is 8.54. The highest BCUT2D eigenvalue weighted by molar-refractivity contribution is 5.95. The molecule has 0 spiro atoms. The maximum Gasteiger partial charge on any atom is 0.254 e. The van der Waals surface area contributed by atoms with Gasteiger partial charge in [-0.1, -0.05) is 31.0 Å². The number of nitrogens with zero attached hydrogens (tertiary/aromatic N) is 3. The van der Waals surface area contributed by atoms with Gasteiger partial charge in [0.1, 0.15) is 0 Å². The first kappa shape index (κ1) is 19.2. The Bertz CT molecular complexity index is 814. The highest BCUT2D eigenvalue weighted by Crippen LogP contribution is 2.26. The third-order valence-corrected chi connectivity index (χ3v) is 6.51. The van der Waals surface area contributed by atoms with Gasteiger partial charge in [-0.05, 0) is 57.1 Å². The Morgan fingerprint density at radius 2 is 1.82 bits per heavy atom. The maximum atomic E-state index is 12.8. The quantitative estimate of drug-likeness (QED) is 0.857. The number of rotatable bonds is 5. The number of carbonyl (C=O) groups excluding carboxylic acids is 1. The van der Waals surface area contributed by atoms with Gasteiger partial charge in [0.15, 0.2) is 0 Å². The zero-order chi connectivity index (χ0) is 19.5. The predicted molar refractivity (Wildman–Crippen MR) is 112 cm³/mol. The molecule has 150 valence electrons. The number of carbonyl (C=O) groups is 1. The molecule has 1 aliphatic carbocycles. The van der Waals surface area contributed by atoms with Crippen LogP contribution in [-0.2, 0) is 0 Å². The van der Waals surface area contributed by atoms with Crippen molar-refractivity contribution in [3.8, 4) is 5.69 Å². The molecule has 1 aromatic carbocycles. The summed E-state index contributed by atoms with van der Waals surface area (Å²) in [6.45, 7) is 7.49. The van der Waals surface area contributed by atoms with Crippen molar-refractivity contribution in [1.29, 1.82) is 0 Å². The van der Waals surface area contributed by atoms with Crippen molar-refractivity contribution in [2.24, 2.45) is 5.92 Å². The van der Waals surface area contributed by atoms with E-state index in [1.807, 2.05) is 29.8 Å². The van der Waals surface area contributed by atoms with Crippen molar-refractivity contribution in [3.05, 3.63) is 47.3 Å².